The zero-order valence-electron chi connectivity index (χ0n) is 14.9. The molecule has 0 unspecified atom stereocenters. The van der Waals surface area contributed by atoms with Gasteiger partial charge in [-0.2, -0.15) is 0 Å². The van der Waals surface area contributed by atoms with E-state index in [1.54, 1.807) is 36.7 Å². The highest BCUT2D eigenvalue weighted by atomic mass is 35.5. The third kappa shape index (κ3) is 4.88. The van der Waals surface area contributed by atoms with Crippen LogP contribution in [0.5, 0.6) is 5.75 Å². The molecule has 0 saturated carbocycles. The van der Waals surface area contributed by atoms with E-state index in [0.717, 1.165) is 5.56 Å². The van der Waals surface area contributed by atoms with Gasteiger partial charge in [0.2, 0.25) is 0 Å². The van der Waals surface area contributed by atoms with E-state index >= 15 is 0 Å². The molecule has 0 aliphatic rings. The molecule has 0 atom stereocenters. The molecule has 1 aromatic heterocycles. The molecule has 1 heterocycles. The Morgan fingerprint density at radius 3 is 2.14 bits per heavy atom. The predicted octanol–water partition coefficient (Wildman–Crippen LogP) is 5.42. The summed E-state index contributed by atoms with van der Waals surface area (Å²) in [5.74, 6) is -0.110. The second-order valence-corrected chi connectivity index (χ2v) is 6.82. The molecular formula is C21H16Cl2N2O3. The minimum absolute atomic E-state index is 0.0428. The first-order valence-corrected chi connectivity index (χ1v) is 9.12. The van der Waals surface area contributed by atoms with E-state index in [1.165, 1.54) is 19.1 Å². The molecule has 0 radical (unpaired) electrons. The SMILES string of the molecule is CC(=O)c1ccc(NC(=O)c2cc(Cl)c(OCc3ccncc3)c(Cl)c2)cc1. The average Bonchev–Trinajstić information content (AvgIpc) is 2.68. The van der Waals surface area contributed by atoms with Gasteiger partial charge in [-0.3, -0.25) is 14.6 Å². The molecule has 0 fully saturated rings. The van der Waals surface area contributed by atoms with Crippen molar-refractivity contribution in [1.82, 2.24) is 4.98 Å². The Labute approximate surface area is 172 Å². The number of carbonyl (C=O) groups excluding carboxylic acids is 2. The van der Waals surface area contributed by atoms with Crippen LogP contribution in [-0.4, -0.2) is 16.7 Å². The van der Waals surface area contributed by atoms with Crippen LogP contribution in [0.25, 0.3) is 0 Å². The monoisotopic (exact) mass is 414 g/mol. The van der Waals surface area contributed by atoms with Crippen molar-refractivity contribution in [2.24, 2.45) is 0 Å². The Hall–Kier alpha value is -2.89. The lowest BCUT2D eigenvalue weighted by molar-refractivity contribution is 0.101. The number of nitrogens with zero attached hydrogens (tertiary/aromatic N) is 1. The number of pyridine rings is 1. The highest BCUT2D eigenvalue weighted by molar-refractivity contribution is 6.37. The van der Waals surface area contributed by atoms with Crippen molar-refractivity contribution < 1.29 is 14.3 Å². The van der Waals surface area contributed by atoms with Gasteiger partial charge in [-0.15, -0.1) is 0 Å². The van der Waals surface area contributed by atoms with Crippen LogP contribution in [-0.2, 0) is 6.61 Å². The predicted molar refractivity (Wildman–Crippen MR) is 109 cm³/mol. The molecule has 7 heteroatoms. The van der Waals surface area contributed by atoms with Crippen LogP contribution in [0, 0.1) is 0 Å². The first-order valence-electron chi connectivity index (χ1n) is 8.37. The van der Waals surface area contributed by atoms with Gasteiger partial charge >= 0.3 is 0 Å². The summed E-state index contributed by atoms with van der Waals surface area (Å²) in [4.78, 5) is 27.7. The van der Waals surface area contributed by atoms with Crippen LogP contribution in [0.1, 0.15) is 33.2 Å². The van der Waals surface area contributed by atoms with Crippen LogP contribution in [0.2, 0.25) is 10.0 Å². The van der Waals surface area contributed by atoms with E-state index in [2.05, 4.69) is 10.3 Å². The molecule has 1 amide bonds. The minimum atomic E-state index is -0.375. The van der Waals surface area contributed by atoms with Crippen LogP contribution < -0.4 is 10.1 Å². The van der Waals surface area contributed by atoms with Gasteiger partial charge in [-0.1, -0.05) is 23.2 Å². The number of hydrogen-bond acceptors (Lipinski definition) is 4. The van der Waals surface area contributed by atoms with E-state index in [0.29, 0.717) is 22.6 Å². The third-order valence-electron chi connectivity index (χ3n) is 3.94. The van der Waals surface area contributed by atoms with Gasteiger partial charge < -0.3 is 10.1 Å². The van der Waals surface area contributed by atoms with Crippen molar-refractivity contribution in [1.29, 1.82) is 0 Å². The van der Waals surface area contributed by atoms with E-state index < -0.39 is 0 Å². The lowest BCUT2D eigenvalue weighted by Crippen LogP contribution is -2.12. The zero-order chi connectivity index (χ0) is 20.1. The van der Waals surface area contributed by atoms with Gasteiger partial charge in [0.1, 0.15) is 6.61 Å². The molecule has 3 rings (SSSR count). The van der Waals surface area contributed by atoms with Crippen molar-refractivity contribution in [2.75, 3.05) is 5.32 Å². The molecule has 142 valence electrons. The molecule has 0 aliphatic carbocycles. The third-order valence-corrected chi connectivity index (χ3v) is 4.50. The second-order valence-electron chi connectivity index (χ2n) is 6.00. The molecule has 0 spiro atoms. The van der Waals surface area contributed by atoms with Gasteiger partial charge in [0.25, 0.3) is 5.91 Å². The maximum atomic E-state index is 12.5. The molecule has 5 nitrogen and oxygen atoms in total. The maximum absolute atomic E-state index is 12.5. The topological polar surface area (TPSA) is 68.3 Å². The summed E-state index contributed by atoms with van der Waals surface area (Å²) >= 11 is 12.5. The summed E-state index contributed by atoms with van der Waals surface area (Å²) in [6, 6.07) is 13.2. The largest absolute Gasteiger partial charge is 0.486 e. The number of ketones is 1. The molecular weight excluding hydrogens is 399 g/mol. The Kier molecular flexibility index (Phi) is 6.29. The molecule has 1 N–H and O–H groups in total. The number of carbonyl (C=O) groups is 2. The van der Waals surface area contributed by atoms with Gasteiger partial charge in [0.15, 0.2) is 11.5 Å². The number of anilines is 1. The number of nitrogens with one attached hydrogen (secondary N) is 1. The number of hydrogen-bond donors (Lipinski definition) is 1. The summed E-state index contributed by atoms with van der Waals surface area (Å²) in [5.41, 5.74) is 2.33. The standard InChI is InChI=1S/C21H16Cl2N2O3/c1-13(26)15-2-4-17(5-3-15)25-21(27)16-10-18(22)20(19(23)11-16)28-12-14-6-8-24-9-7-14/h2-11H,12H2,1H3,(H,25,27). The van der Waals surface area contributed by atoms with Gasteiger partial charge in [-0.25, -0.2) is 0 Å². The van der Waals surface area contributed by atoms with Crippen LogP contribution in [0.15, 0.2) is 60.9 Å². The number of amides is 1. The van der Waals surface area contributed by atoms with Crippen molar-refractivity contribution in [2.45, 2.75) is 13.5 Å². The van der Waals surface area contributed by atoms with Crippen LogP contribution >= 0.6 is 23.2 Å². The van der Waals surface area contributed by atoms with Gasteiger partial charge in [-0.05, 0) is 61.0 Å². The Morgan fingerprint density at radius 1 is 0.964 bits per heavy atom. The number of aromatic nitrogens is 1. The molecule has 2 aromatic carbocycles. The van der Waals surface area contributed by atoms with Crippen molar-refractivity contribution in [3.63, 3.8) is 0 Å². The van der Waals surface area contributed by atoms with Crippen molar-refractivity contribution >= 4 is 40.6 Å². The van der Waals surface area contributed by atoms with Crippen LogP contribution in [0.4, 0.5) is 5.69 Å². The van der Waals surface area contributed by atoms with E-state index in [9.17, 15) is 9.59 Å². The first kappa shape index (κ1) is 19.9. The Morgan fingerprint density at radius 2 is 1.57 bits per heavy atom. The highest BCUT2D eigenvalue weighted by Gasteiger charge is 2.15. The Bertz CT molecular complexity index is 983. The molecule has 0 saturated heterocycles. The fourth-order valence-electron chi connectivity index (χ4n) is 2.45. The smallest absolute Gasteiger partial charge is 0.255 e. The fraction of sp³-hybridized carbons (Fsp3) is 0.0952. The number of Topliss-reactive ketones (excluding diaryl/α,β-unsaturated/α-hetero) is 1. The average molecular weight is 415 g/mol. The minimum Gasteiger partial charge on any atom is -0.486 e. The van der Waals surface area contributed by atoms with E-state index in [1.807, 2.05) is 12.1 Å². The zero-order valence-corrected chi connectivity index (χ0v) is 16.4. The normalized spacial score (nSPS) is 10.4. The quantitative estimate of drug-likeness (QED) is 0.546. The highest BCUT2D eigenvalue weighted by Crippen LogP contribution is 2.35. The van der Waals surface area contributed by atoms with Gasteiger partial charge in [0.05, 0.1) is 10.0 Å². The lowest BCUT2D eigenvalue weighted by Gasteiger charge is -2.12. The summed E-state index contributed by atoms with van der Waals surface area (Å²) in [6.45, 7) is 1.76. The molecule has 3 aromatic rings. The summed E-state index contributed by atoms with van der Waals surface area (Å²) in [6.07, 6.45) is 3.33. The number of ether oxygens (including phenoxy) is 1. The van der Waals surface area contributed by atoms with Crippen LogP contribution in [0.3, 0.4) is 0 Å². The second kappa shape index (κ2) is 8.87. The van der Waals surface area contributed by atoms with E-state index in [4.69, 9.17) is 27.9 Å². The maximum Gasteiger partial charge on any atom is 0.255 e. The molecule has 0 bridgehead atoms. The van der Waals surface area contributed by atoms with E-state index in [-0.39, 0.29) is 28.3 Å². The first-order chi connectivity index (χ1) is 13.4. The molecule has 0 aliphatic heterocycles. The fourth-order valence-corrected chi connectivity index (χ4v) is 3.05. The summed E-state index contributed by atoms with van der Waals surface area (Å²) in [7, 11) is 0. The van der Waals surface area contributed by atoms with Gasteiger partial charge in [0, 0.05) is 29.2 Å². The lowest BCUT2D eigenvalue weighted by atomic mass is 10.1. The molecule has 28 heavy (non-hydrogen) atoms. The number of halogens is 2. The van der Waals surface area contributed by atoms with Crippen molar-refractivity contribution in [3.8, 4) is 5.75 Å². The number of benzene rings is 2. The summed E-state index contributed by atoms with van der Waals surface area (Å²) < 4.78 is 5.69. The Balaban J connectivity index is 1.72. The summed E-state index contributed by atoms with van der Waals surface area (Å²) in [5, 5.41) is 3.21. The number of rotatable bonds is 6. The van der Waals surface area contributed by atoms with Crippen molar-refractivity contribution in [3.05, 3.63) is 87.7 Å².